The Hall–Kier alpha value is -1.56. The van der Waals surface area contributed by atoms with Crippen molar-refractivity contribution in [3.8, 4) is 0 Å². The van der Waals surface area contributed by atoms with Crippen LogP contribution in [0.15, 0.2) is 23.1 Å². The van der Waals surface area contributed by atoms with Crippen molar-refractivity contribution in [2.24, 2.45) is 0 Å². The number of carbonyl (C=O) groups excluding carboxylic acids is 1. The number of carboxylic acids is 1. The summed E-state index contributed by atoms with van der Waals surface area (Å²) in [7, 11) is 0. The Morgan fingerprint density at radius 2 is 2.11 bits per heavy atom. The van der Waals surface area contributed by atoms with Gasteiger partial charge < -0.3 is 10.0 Å². The molecule has 0 spiro atoms. The highest BCUT2D eigenvalue weighted by atomic mass is 32.2. The molecule has 0 bridgehead atoms. The molecule has 0 heterocycles. The third-order valence-electron chi connectivity index (χ3n) is 2.39. The van der Waals surface area contributed by atoms with Crippen LogP contribution in [-0.2, 0) is 4.79 Å². The Labute approximate surface area is 109 Å². The van der Waals surface area contributed by atoms with Crippen molar-refractivity contribution in [1.29, 1.82) is 0 Å². The van der Waals surface area contributed by atoms with E-state index in [1.54, 1.807) is 13.2 Å². The average molecular weight is 271 g/mol. The minimum Gasteiger partial charge on any atom is -0.480 e. The molecule has 0 unspecified atom stereocenters. The minimum absolute atomic E-state index is 0.289. The number of amides is 1. The highest BCUT2D eigenvalue weighted by Gasteiger charge is 2.17. The van der Waals surface area contributed by atoms with Crippen LogP contribution in [-0.4, -0.2) is 41.2 Å². The standard InChI is InChI=1S/C12H14FNO3S/c1-3-14(7-11(15)16)12(17)8-4-5-9(13)10(6-8)18-2/h4-6H,3,7H2,1-2H3,(H,15,16). The van der Waals surface area contributed by atoms with E-state index < -0.39 is 11.9 Å². The molecular formula is C12H14FNO3S. The lowest BCUT2D eigenvalue weighted by atomic mass is 10.2. The number of halogens is 1. The van der Waals surface area contributed by atoms with E-state index in [0.29, 0.717) is 10.5 Å². The second-order valence-electron chi connectivity index (χ2n) is 3.56. The predicted molar refractivity (Wildman–Crippen MR) is 67.4 cm³/mol. The molecule has 1 amide bonds. The molecule has 18 heavy (non-hydrogen) atoms. The maximum Gasteiger partial charge on any atom is 0.323 e. The Bertz CT molecular complexity index is 465. The maximum absolute atomic E-state index is 13.3. The summed E-state index contributed by atoms with van der Waals surface area (Å²) in [6.45, 7) is 1.62. The van der Waals surface area contributed by atoms with Gasteiger partial charge in [-0.15, -0.1) is 11.8 Å². The summed E-state index contributed by atoms with van der Waals surface area (Å²) >= 11 is 1.20. The lowest BCUT2D eigenvalue weighted by Crippen LogP contribution is -2.35. The lowest BCUT2D eigenvalue weighted by molar-refractivity contribution is -0.137. The van der Waals surface area contributed by atoms with Crippen molar-refractivity contribution in [1.82, 2.24) is 4.90 Å². The van der Waals surface area contributed by atoms with E-state index in [1.807, 2.05) is 0 Å². The van der Waals surface area contributed by atoms with Gasteiger partial charge in [-0.1, -0.05) is 0 Å². The molecule has 0 aliphatic rings. The van der Waals surface area contributed by atoms with Gasteiger partial charge in [0.25, 0.3) is 5.91 Å². The van der Waals surface area contributed by atoms with Crippen LogP contribution in [0.25, 0.3) is 0 Å². The van der Waals surface area contributed by atoms with Crippen LogP contribution >= 0.6 is 11.8 Å². The van der Waals surface area contributed by atoms with Crippen molar-refractivity contribution in [2.45, 2.75) is 11.8 Å². The van der Waals surface area contributed by atoms with Gasteiger partial charge >= 0.3 is 5.97 Å². The van der Waals surface area contributed by atoms with Crippen LogP contribution in [0.1, 0.15) is 17.3 Å². The van der Waals surface area contributed by atoms with Crippen molar-refractivity contribution in [2.75, 3.05) is 19.3 Å². The highest BCUT2D eigenvalue weighted by molar-refractivity contribution is 7.98. The molecule has 0 saturated heterocycles. The number of carboxylic acid groups (broad SMARTS) is 1. The third-order valence-corrected chi connectivity index (χ3v) is 3.15. The first-order chi connectivity index (χ1) is 8.49. The van der Waals surface area contributed by atoms with Crippen molar-refractivity contribution >= 4 is 23.6 Å². The zero-order valence-electron chi connectivity index (χ0n) is 10.1. The topological polar surface area (TPSA) is 57.6 Å². The number of rotatable bonds is 5. The Morgan fingerprint density at radius 3 is 2.61 bits per heavy atom. The monoisotopic (exact) mass is 271 g/mol. The zero-order valence-corrected chi connectivity index (χ0v) is 11.0. The molecule has 0 saturated carbocycles. The molecule has 0 aromatic heterocycles. The first-order valence-corrected chi connectivity index (χ1v) is 6.56. The molecule has 0 aliphatic carbocycles. The fourth-order valence-electron chi connectivity index (χ4n) is 1.47. The Balaban J connectivity index is 2.98. The van der Waals surface area contributed by atoms with E-state index >= 15 is 0 Å². The quantitative estimate of drug-likeness (QED) is 0.833. The smallest absolute Gasteiger partial charge is 0.323 e. The van der Waals surface area contributed by atoms with Crippen molar-refractivity contribution in [3.63, 3.8) is 0 Å². The molecule has 6 heteroatoms. The van der Waals surface area contributed by atoms with Gasteiger partial charge in [-0.3, -0.25) is 9.59 Å². The van der Waals surface area contributed by atoms with Crippen LogP contribution in [0, 0.1) is 5.82 Å². The molecule has 1 rings (SSSR count). The average Bonchev–Trinajstić information content (AvgIpc) is 2.35. The fraction of sp³-hybridized carbons (Fsp3) is 0.333. The zero-order chi connectivity index (χ0) is 13.7. The van der Waals surface area contributed by atoms with Gasteiger partial charge in [0.05, 0.1) is 0 Å². The van der Waals surface area contributed by atoms with Gasteiger partial charge in [0.1, 0.15) is 12.4 Å². The molecule has 4 nitrogen and oxygen atoms in total. The van der Waals surface area contributed by atoms with Crippen LogP contribution in [0.3, 0.4) is 0 Å². The Morgan fingerprint density at radius 1 is 1.44 bits per heavy atom. The Kier molecular flexibility index (Phi) is 5.15. The van der Waals surface area contributed by atoms with E-state index in [2.05, 4.69) is 0 Å². The van der Waals surface area contributed by atoms with Gasteiger partial charge in [-0.2, -0.15) is 0 Å². The van der Waals surface area contributed by atoms with E-state index in [0.717, 1.165) is 0 Å². The number of nitrogens with zero attached hydrogens (tertiary/aromatic N) is 1. The second-order valence-corrected chi connectivity index (χ2v) is 4.41. The summed E-state index contributed by atoms with van der Waals surface area (Å²) in [5.74, 6) is -1.87. The van der Waals surface area contributed by atoms with Gasteiger partial charge in [-0.25, -0.2) is 4.39 Å². The molecule has 0 radical (unpaired) electrons. The van der Waals surface area contributed by atoms with Crippen molar-refractivity contribution in [3.05, 3.63) is 29.6 Å². The number of carbonyl (C=O) groups is 2. The number of benzene rings is 1. The first kappa shape index (κ1) is 14.5. The van der Waals surface area contributed by atoms with E-state index in [1.165, 1.54) is 34.9 Å². The largest absolute Gasteiger partial charge is 0.480 e. The molecular weight excluding hydrogens is 257 g/mol. The molecule has 1 aromatic rings. The minimum atomic E-state index is -1.07. The van der Waals surface area contributed by atoms with Gasteiger partial charge in [0, 0.05) is 17.0 Å². The summed E-state index contributed by atoms with van der Waals surface area (Å²) in [4.78, 5) is 24.2. The van der Waals surface area contributed by atoms with Crippen LogP contribution in [0.2, 0.25) is 0 Å². The number of hydrogen-bond donors (Lipinski definition) is 1. The molecule has 1 N–H and O–H groups in total. The first-order valence-electron chi connectivity index (χ1n) is 5.34. The van der Waals surface area contributed by atoms with Gasteiger partial charge in [0.2, 0.25) is 0 Å². The van der Waals surface area contributed by atoms with Gasteiger partial charge in [-0.05, 0) is 31.4 Å². The maximum atomic E-state index is 13.3. The lowest BCUT2D eigenvalue weighted by Gasteiger charge is -2.18. The fourth-order valence-corrected chi connectivity index (χ4v) is 1.97. The van der Waals surface area contributed by atoms with Crippen LogP contribution in [0.5, 0.6) is 0 Å². The predicted octanol–water partition coefficient (Wildman–Crippen LogP) is 2.09. The molecule has 1 aromatic carbocycles. The van der Waals surface area contributed by atoms with Crippen LogP contribution < -0.4 is 0 Å². The molecule has 0 aliphatic heterocycles. The van der Waals surface area contributed by atoms with E-state index in [-0.39, 0.29) is 18.9 Å². The SMILES string of the molecule is CCN(CC(=O)O)C(=O)c1ccc(F)c(SC)c1. The van der Waals surface area contributed by atoms with E-state index in [4.69, 9.17) is 5.11 Å². The molecule has 0 fully saturated rings. The number of thioether (sulfide) groups is 1. The third kappa shape index (κ3) is 3.46. The van der Waals surface area contributed by atoms with Crippen LogP contribution in [0.4, 0.5) is 4.39 Å². The summed E-state index contributed by atoms with van der Waals surface area (Å²) in [6.07, 6.45) is 1.71. The van der Waals surface area contributed by atoms with E-state index in [9.17, 15) is 14.0 Å². The normalized spacial score (nSPS) is 10.2. The summed E-state index contributed by atoms with van der Waals surface area (Å²) in [5, 5.41) is 8.70. The van der Waals surface area contributed by atoms with Gasteiger partial charge in [0.15, 0.2) is 0 Å². The summed E-state index contributed by atoms with van der Waals surface area (Å²) < 4.78 is 13.3. The van der Waals surface area contributed by atoms with Crippen molar-refractivity contribution < 1.29 is 19.1 Å². The number of likely N-dealkylation sites (N-methyl/N-ethyl adjacent to an activating group) is 1. The number of hydrogen-bond acceptors (Lipinski definition) is 3. The molecule has 0 atom stereocenters. The summed E-state index contributed by atoms with van der Waals surface area (Å²) in [6, 6.07) is 4.02. The molecule has 98 valence electrons. The highest BCUT2D eigenvalue weighted by Crippen LogP contribution is 2.21. The second kappa shape index (κ2) is 6.39. The summed E-state index contributed by atoms with van der Waals surface area (Å²) in [5.41, 5.74) is 0.295. The number of aliphatic carboxylic acids is 1.